The lowest BCUT2D eigenvalue weighted by molar-refractivity contribution is 0.628. The van der Waals surface area contributed by atoms with E-state index < -0.39 is 5.82 Å². The minimum absolute atomic E-state index is 0.0146. The van der Waals surface area contributed by atoms with E-state index in [0.29, 0.717) is 22.1 Å². The van der Waals surface area contributed by atoms with Crippen molar-refractivity contribution < 1.29 is 4.39 Å². The summed E-state index contributed by atoms with van der Waals surface area (Å²) < 4.78 is 13.4. The zero-order chi connectivity index (χ0) is 13.8. The zero-order valence-electron chi connectivity index (χ0n) is 9.99. The summed E-state index contributed by atoms with van der Waals surface area (Å²) in [5.41, 5.74) is 3.78. The highest BCUT2D eigenvalue weighted by atomic mass is 35.5. The minimum Gasteiger partial charge on any atom is -0.261 e. The fourth-order valence-electron chi connectivity index (χ4n) is 1.43. The fourth-order valence-corrected chi connectivity index (χ4v) is 1.95. The van der Waals surface area contributed by atoms with Crippen LogP contribution >= 0.6 is 23.2 Å². The van der Waals surface area contributed by atoms with Crippen molar-refractivity contribution in [1.29, 1.82) is 0 Å². The van der Waals surface area contributed by atoms with Crippen molar-refractivity contribution in [3.8, 4) is 0 Å². The normalized spacial score (nSPS) is 11.5. The molecule has 2 rings (SSSR count). The Morgan fingerprint density at radius 1 is 1.26 bits per heavy atom. The Bertz CT molecular complexity index is 615. The Morgan fingerprint density at radius 2 is 2.05 bits per heavy atom. The third kappa shape index (κ3) is 3.43. The number of hydrogen-bond donors (Lipinski definition) is 1. The maximum Gasteiger partial charge on any atom is 0.146 e. The van der Waals surface area contributed by atoms with Gasteiger partial charge < -0.3 is 0 Å². The highest BCUT2D eigenvalue weighted by molar-refractivity contribution is 6.37. The number of aromatic nitrogens is 1. The monoisotopic (exact) mass is 297 g/mol. The van der Waals surface area contributed by atoms with Crippen LogP contribution in [0.15, 0.2) is 41.6 Å². The van der Waals surface area contributed by atoms with Gasteiger partial charge >= 0.3 is 0 Å². The summed E-state index contributed by atoms with van der Waals surface area (Å²) in [6.45, 7) is 1.71. The summed E-state index contributed by atoms with van der Waals surface area (Å²) in [6.07, 6.45) is 1.64. The summed E-state index contributed by atoms with van der Waals surface area (Å²) in [5, 5.41) is 4.43. The Labute approximate surface area is 120 Å². The number of hydrogen-bond acceptors (Lipinski definition) is 3. The topological polar surface area (TPSA) is 37.3 Å². The number of anilines is 1. The first-order valence-electron chi connectivity index (χ1n) is 5.44. The van der Waals surface area contributed by atoms with E-state index in [2.05, 4.69) is 15.5 Å². The van der Waals surface area contributed by atoms with E-state index >= 15 is 0 Å². The highest BCUT2D eigenvalue weighted by Crippen LogP contribution is 2.24. The predicted octanol–water partition coefficient (Wildman–Crippen LogP) is 4.36. The Morgan fingerprint density at radius 3 is 2.74 bits per heavy atom. The molecule has 98 valence electrons. The van der Waals surface area contributed by atoms with Crippen LogP contribution in [0.1, 0.15) is 12.5 Å². The molecule has 0 saturated heterocycles. The Balaban J connectivity index is 2.24. The molecule has 1 aromatic carbocycles. The van der Waals surface area contributed by atoms with Crippen LogP contribution in [0.5, 0.6) is 0 Å². The number of rotatable bonds is 3. The van der Waals surface area contributed by atoms with Crippen LogP contribution in [0.25, 0.3) is 0 Å². The first-order chi connectivity index (χ1) is 9.08. The van der Waals surface area contributed by atoms with Crippen molar-refractivity contribution in [1.82, 2.24) is 4.98 Å². The molecule has 0 bridgehead atoms. The van der Waals surface area contributed by atoms with Gasteiger partial charge in [-0.25, -0.2) is 9.37 Å². The molecule has 0 unspecified atom stereocenters. The van der Waals surface area contributed by atoms with Gasteiger partial charge in [-0.15, -0.1) is 0 Å². The van der Waals surface area contributed by atoms with E-state index in [1.165, 1.54) is 12.1 Å². The first kappa shape index (κ1) is 13.8. The molecular formula is C13H10Cl2FN3. The predicted molar refractivity (Wildman–Crippen MR) is 76.5 cm³/mol. The van der Waals surface area contributed by atoms with E-state index in [9.17, 15) is 4.39 Å². The van der Waals surface area contributed by atoms with E-state index in [1.807, 2.05) is 6.07 Å². The lowest BCUT2D eigenvalue weighted by Crippen LogP contribution is -2.02. The zero-order valence-corrected chi connectivity index (χ0v) is 11.5. The molecular weight excluding hydrogens is 288 g/mol. The maximum atomic E-state index is 13.4. The quantitative estimate of drug-likeness (QED) is 0.519. The number of hydrazone groups is 1. The van der Waals surface area contributed by atoms with Crippen LogP contribution in [0.3, 0.4) is 0 Å². The third-order valence-corrected chi connectivity index (χ3v) is 3.01. The molecule has 0 aliphatic carbocycles. The molecule has 1 heterocycles. The average Bonchev–Trinajstić information content (AvgIpc) is 2.41. The summed E-state index contributed by atoms with van der Waals surface area (Å²) >= 11 is 11.6. The van der Waals surface area contributed by atoms with Crippen LogP contribution < -0.4 is 5.43 Å². The number of nitrogens with one attached hydrogen (secondary N) is 1. The second-order valence-corrected chi connectivity index (χ2v) is 4.58. The van der Waals surface area contributed by atoms with E-state index in [1.54, 1.807) is 25.3 Å². The summed E-state index contributed by atoms with van der Waals surface area (Å²) in [5.74, 6) is 0.0564. The molecule has 0 fully saturated rings. The van der Waals surface area contributed by atoms with Crippen LogP contribution in [-0.2, 0) is 0 Å². The van der Waals surface area contributed by atoms with E-state index in [0.717, 1.165) is 0 Å². The van der Waals surface area contributed by atoms with Gasteiger partial charge in [-0.05, 0) is 31.2 Å². The Hall–Kier alpha value is -1.65. The molecule has 6 heteroatoms. The maximum absolute atomic E-state index is 13.4. The van der Waals surface area contributed by atoms with Crippen molar-refractivity contribution in [2.24, 2.45) is 5.10 Å². The highest BCUT2D eigenvalue weighted by Gasteiger charge is 2.09. The average molecular weight is 298 g/mol. The van der Waals surface area contributed by atoms with Gasteiger partial charge in [-0.1, -0.05) is 29.3 Å². The first-order valence-corrected chi connectivity index (χ1v) is 6.20. The van der Waals surface area contributed by atoms with E-state index in [4.69, 9.17) is 23.2 Å². The van der Waals surface area contributed by atoms with Gasteiger partial charge in [0.15, 0.2) is 0 Å². The minimum atomic E-state index is -0.534. The molecule has 3 nitrogen and oxygen atoms in total. The molecule has 1 aromatic heterocycles. The van der Waals surface area contributed by atoms with Crippen LogP contribution in [0, 0.1) is 5.82 Å². The lowest BCUT2D eigenvalue weighted by Gasteiger charge is -2.06. The summed E-state index contributed by atoms with van der Waals surface area (Å²) in [6, 6.07) is 8.00. The second-order valence-electron chi connectivity index (χ2n) is 3.77. The molecule has 2 aromatic rings. The van der Waals surface area contributed by atoms with Crippen molar-refractivity contribution in [2.75, 3.05) is 5.43 Å². The molecule has 0 spiro atoms. The summed E-state index contributed by atoms with van der Waals surface area (Å²) in [7, 11) is 0. The summed E-state index contributed by atoms with van der Waals surface area (Å²) in [4.78, 5) is 4.05. The lowest BCUT2D eigenvalue weighted by atomic mass is 10.1. The largest absolute Gasteiger partial charge is 0.261 e. The van der Waals surface area contributed by atoms with Gasteiger partial charge in [-0.2, -0.15) is 5.10 Å². The molecule has 0 radical (unpaired) electrons. The van der Waals surface area contributed by atoms with Crippen LogP contribution in [0.2, 0.25) is 10.0 Å². The van der Waals surface area contributed by atoms with Crippen LogP contribution in [-0.4, -0.2) is 10.7 Å². The van der Waals surface area contributed by atoms with Crippen LogP contribution in [0.4, 0.5) is 10.2 Å². The number of nitrogens with zero attached hydrogens (tertiary/aromatic N) is 2. The smallest absolute Gasteiger partial charge is 0.146 e. The molecule has 0 atom stereocenters. The van der Waals surface area contributed by atoms with Crippen molar-refractivity contribution >= 4 is 34.7 Å². The van der Waals surface area contributed by atoms with Gasteiger partial charge in [0.05, 0.1) is 15.8 Å². The second kappa shape index (κ2) is 5.99. The molecule has 0 aliphatic heterocycles. The van der Waals surface area contributed by atoms with Gasteiger partial charge in [0, 0.05) is 11.8 Å². The molecule has 0 aliphatic rings. The van der Waals surface area contributed by atoms with Gasteiger partial charge in [-0.3, -0.25) is 5.43 Å². The van der Waals surface area contributed by atoms with Crippen molar-refractivity contribution in [2.45, 2.75) is 6.92 Å². The van der Waals surface area contributed by atoms with Gasteiger partial charge in [0.1, 0.15) is 11.6 Å². The number of pyridine rings is 1. The fraction of sp³-hybridized carbons (Fsp3) is 0.0769. The van der Waals surface area contributed by atoms with Gasteiger partial charge in [0.25, 0.3) is 0 Å². The third-order valence-electron chi connectivity index (χ3n) is 2.40. The van der Waals surface area contributed by atoms with Crippen molar-refractivity contribution in [3.05, 3.63) is 58.0 Å². The molecule has 19 heavy (non-hydrogen) atoms. The molecule has 0 amide bonds. The number of halogens is 3. The molecule has 1 N–H and O–H groups in total. The SMILES string of the molecule is C/C(=N/Nc1ccccn1)c1cc(F)c(Cl)cc1Cl. The number of benzene rings is 1. The van der Waals surface area contributed by atoms with Gasteiger partial charge in [0.2, 0.25) is 0 Å². The molecule has 0 saturated carbocycles. The van der Waals surface area contributed by atoms with E-state index in [-0.39, 0.29) is 5.02 Å². The van der Waals surface area contributed by atoms with Crippen molar-refractivity contribution in [3.63, 3.8) is 0 Å². The standard InChI is InChI=1S/C13H10Cl2FN3/c1-8(18-19-13-4-2-3-5-17-13)9-6-12(16)11(15)7-10(9)14/h2-7H,1H3,(H,17,19)/b18-8-. The Kier molecular flexibility index (Phi) is 4.35.